The predicted molar refractivity (Wildman–Crippen MR) is 125 cm³/mol. The summed E-state index contributed by atoms with van der Waals surface area (Å²) in [5.74, 6) is 0.642. The minimum absolute atomic E-state index is 0.0515. The van der Waals surface area contributed by atoms with E-state index in [0.717, 1.165) is 39.1 Å². The van der Waals surface area contributed by atoms with Gasteiger partial charge in [0.05, 0.1) is 18.3 Å². The monoisotopic (exact) mass is 424 g/mol. The second-order valence-electron chi connectivity index (χ2n) is 7.92. The third-order valence-electron chi connectivity index (χ3n) is 5.78. The van der Waals surface area contributed by atoms with Gasteiger partial charge in [0.25, 0.3) is 0 Å². The van der Waals surface area contributed by atoms with Gasteiger partial charge in [0.2, 0.25) is 5.91 Å². The fraction of sp³-hybridized carbons (Fsp3) is 0.200. The molecule has 1 amide bonds. The molecule has 0 radical (unpaired) electrons. The minimum Gasteiger partial charge on any atom is -0.311 e. The highest BCUT2D eigenvalue weighted by Crippen LogP contribution is 2.23. The molecule has 0 aliphatic carbocycles. The maximum absolute atomic E-state index is 12.7. The van der Waals surface area contributed by atoms with Gasteiger partial charge in [0.1, 0.15) is 5.82 Å². The van der Waals surface area contributed by atoms with Crippen molar-refractivity contribution in [1.29, 1.82) is 0 Å². The molecule has 2 aromatic carbocycles. The van der Waals surface area contributed by atoms with Crippen LogP contribution in [-0.4, -0.2) is 30.3 Å². The number of carbonyl (C=O) groups is 1. The molecule has 0 fully saturated rings. The first kappa shape index (κ1) is 19.9. The van der Waals surface area contributed by atoms with E-state index in [-0.39, 0.29) is 5.91 Å². The van der Waals surface area contributed by atoms with Gasteiger partial charge in [-0.15, -0.1) is 0 Å². The molecule has 0 unspecified atom stereocenters. The fourth-order valence-electron chi connectivity index (χ4n) is 4.10. The molecule has 7 nitrogen and oxygen atoms in total. The molecular weight excluding hydrogens is 400 g/mol. The Morgan fingerprint density at radius 3 is 2.62 bits per heavy atom. The van der Waals surface area contributed by atoms with Crippen LogP contribution in [-0.2, 0) is 17.8 Å². The van der Waals surface area contributed by atoms with Crippen LogP contribution in [0.5, 0.6) is 0 Å². The first-order valence-electron chi connectivity index (χ1n) is 10.7. The Morgan fingerprint density at radius 1 is 1.00 bits per heavy atom. The van der Waals surface area contributed by atoms with Crippen molar-refractivity contribution in [2.75, 3.05) is 5.32 Å². The summed E-state index contributed by atoms with van der Waals surface area (Å²) in [6.07, 6.45) is 2.65. The van der Waals surface area contributed by atoms with E-state index in [1.807, 2.05) is 79.0 Å². The van der Waals surface area contributed by atoms with Gasteiger partial charge in [0, 0.05) is 29.3 Å². The smallest absolute Gasteiger partial charge is 0.225 e. The molecule has 0 aliphatic heterocycles. The topological polar surface area (TPSA) is 77.1 Å². The molecule has 5 aromatic rings. The van der Waals surface area contributed by atoms with E-state index in [9.17, 15) is 4.79 Å². The molecule has 160 valence electrons. The Morgan fingerprint density at radius 2 is 1.78 bits per heavy atom. The third-order valence-corrected chi connectivity index (χ3v) is 5.78. The first-order valence-corrected chi connectivity index (χ1v) is 10.7. The summed E-state index contributed by atoms with van der Waals surface area (Å²) in [6, 6.07) is 19.9. The van der Waals surface area contributed by atoms with Crippen molar-refractivity contribution in [2.24, 2.45) is 0 Å². The number of rotatable bonds is 6. The summed E-state index contributed by atoms with van der Waals surface area (Å²) in [6.45, 7) is 4.64. The van der Waals surface area contributed by atoms with Crippen molar-refractivity contribution >= 4 is 28.3 Å². The summed E-state index contributed by atoms with van der Waals surface area (Å²) >= 11 is 0. The number of nitrogens with one attached hydrogen (secondary N) is 1. The van der Waals surface area contributed by atoms with Crippen LogP contribution in [0.2, 0.25) is 0 Å². The van der Waals surface area contributed by atoms with Gasteiger partial charge < -0.3 is 5.32 Å². The average molecular weight is 425 g/mol. The van der Waals surface area contributed by atoms with Crippen LogP contribution in [0.4, 0.5) is 5.82 Å². The number of amides is 1. The van der Waals surface area contributed by atoms with E-state index in [4.69, 9.17) is 10.1 Å². The summed E-state index contributed by atoms with van der Waals surface area (Å²) in [5.41, 5.74) is 5.91. The van der Waals surface area contributed by atoms with Crippen molar-refractivity contribution in [3.05, 3.63) is 89.4 Å². The number of aromatic nitrogens is 5. The van der Waals surface area contributed by atoms with Crippen LogP contribution in [0.25, 0.3) is 16.6 Å². The minimum atomic E-state index is -0.0515. The molecule has 7 heteroatoms. The number of carbonyl (C=O) groups excluding carboxylic acids is 1. The highest BCUT2D eigenvalue weighted by atomic mass is 16.1. The maximum atomic E-state index is 12.7. The molecule has 3 aromatic heterocycles. The van der Waals surface area contributed by atoms with Crippen LogP contribution in [0.1, 0.15) is 28.9 Å². The highest BCUT2D eigenvalue weighted by molar-refractivity contribution is 5.92. The van der Waals surface area contributed by atoms with Gasteiger partial charge in [-0.25, -0.2) is 14.2 Å². The zero-order valence-corrected chi connectivity index (χ0v) is 18.1. The van der Waals surface area contributed by atoms with Crippen LogP contribution >= 0.6 is 0 Å². The molecule has 3 heterocycles. The average Bonchev–Trinajstić information content (AvgIpc) is 3.39. The molecule has 0 saturated heterocycles. The van der Waals surface area contributed by atoms with Crippen molar-refractivity contribution < 1.29 is 4.79 Å². The van der Waals surface area contributed by atoms with Crippen molar-refractivity contribution in [3.63, 3.8) is 0 Å². The van der Waals surface area contributed by atoms with E-state index < -0.39 is 0 Å². The van der Waals surface area contributed by atoms with E-state index in [0.29, 0.717) is 25.2 Å². The molecule has 32 heavy (non-hydrogen) atoms. The number of aryl methyl sites for hydroxylation is 2. The maximum Gasteiger partial charge on any atom is 0.225 e. The van der Waals surface area contributed by atoms with E-state index in [2.05, 4.69) is 10.4 Å². The third kappa shape index (κ3) is 3.73. The Labute approximate surface area is 185 Å². The number of benzene rings is 2. The predicted octanol–water partition coefficient (Wildman–Crippen LogP) is 4.32. The molecule has 0 saturated carbocycles. The highest BCUT2D eigenvalue weighted by Gasteiger charge is 2.15. The van der Waals surface area contributed by atoms with Gasteiger partial charge in [0.15, 0.2) is 5.65 Å². The summed E-state index contributed by atoms with van der Waals surface area (Å²) in [7, 11) is 0. The van der Waals surface area contributed by atoms with Crippen LogP contribution in [0.15, 0.2) is 66.9 Å². The number of nitrogens with zero attached hydrogens (tertiary/aromatic N) is 5. The lowest BCUT2D eigenvalue weighted by molar-refractivity contribution is -0.116. The quantitative estimate of drug-likeness (QED) is 0.441. The van der Waals surface area contributed by atoms with Gasteiger partial charge >= 0.3 is 0 Å². The lowest BCUT2D eigenvalue weighted by atomic mass is 10.1. The van der Waals surface area contributed by atoms with Crippen molar-refractivity contribution in [3.8, 4) is 0 Å². The zero-order valence-electron chi connectivity index (χ0n) is 18.1. The molecule has 0 atom stereocenters. The van der Waals surface area contributed by atoms with Gasteiger partial charge in [-0.2, -0.15) is 10.2 Å². The van der Waals surface area contributed by atoms with Gasteiger partial charge in [-0.1, -0.05) is 42.5 Å². The standard InChI is InChI=1S/C25H24N6O/c1-17-20(18(2)31-25(27-17)21-10-6-7-11-22(21)29-31)12-13-24(32)28-23-14-15-26-30(23)16-19-8-4-3-5-9-19/h3-11,14-15H,12-13,16H2,1-2H3,(H,28,32). The molecule has 0 aliphatic rings. The molecule has 5 rings (SSSR count). The van der Waals surface area contributed by atoms with Crippen LogP contribution < -0.4 is 5.32 Å². The second kappa shape index (κ2) is 8.26. The van der Waals surface area contributed by atoms with Gasteiger partial charge in [-0.3, -0.25) is 4.79 Å². The Hall–Kier alpha value is -4.00. The Kier molecular flexibility index (Phi) is 5.15. The van der Waals surface area contributed by atoms with Crippen molar-refractivity contribution in [1.82, 2.24) is 24.4 Å². The lowest BCUT2D eigenvalue weighted by Gasteiger charge is -2.12. The lowest BCUT2D eigenvalue weighted by Crippen LogP contribution is -2.17. The second-order valence-corrected chi connectivity index (χ2v) is 7.92. The summed E-state index contributed by atoms with van der Waals surface area (Å²) in [4.78, 5) is 17.5. The molecule has 1 N–H and O–H groups in total. The van der Waals surface area contributed by atoms with E-state index in [1.54, 1.807) is 10.9 Å². The van der Waals surface area contributed by atoms with Crippen molar-refractivity contribution in [2.45, 2.75) is 33.2 Å². The number of anilines is 1. The number of hydrogen-bond donors (Lipinski definition) is 1. The molecular formula is C25H24N6O. The van der Waals surface area contributed by atoms with E-state index >= 15 is 0 Å². The number of hydrogen-bond acceptors (Lipinski definition) is 4. The normalized spacial score (nSPS) is 11.3. The summed E-state index contributed by atoms with van der Waals surface area (Å²) < 4.78 is 3.69. The largest absolute Gasteiger partial charge is 0.311 e. The number of fused-ring (bicyclic) bond motifs is 3. The molecule has 0 spiro atoms. The summed E-state index contributed by atoms with van der Waals surface area (Å²) in [5, 5.41) is 13.1. The Balaban J connectivity index is 1.32. The van der Waals surface area contributed by atoms with E-state index in [1.165, 1.54) is 0 Å². The molecule has 0 bridgehead atoms. The SMILES string of the molecule is Cc1nc2c3ccccc3nn2c(C)c1CCC(=O)Nc1ccnn1Cc1ccccc1. The fourth-order valence-corrected chi connectivity index (χ4v) is 4.10. The zero-order chi connectivity index (χ0) is 22.1. The first-order chi connectivity index (χ1) is 15.6. The van der Waals surface area contributed by atoms with Crippen LogP contribution in [0.3, 0.4) is 0 Å². The Bertz CT molecular complexity index is 1420. The van der Waals surface area contributed by atoms with Crippen LogP contribution in [0, 0.1) is 13.8 Å². The van der Waals surface area contributed by atoms with Gasteiger partial charge in [-0.05, 0) is 43.5 Å².